The van der Waals surface area contributed by atoms with Crippen LogP contribution >= 0.6 is 0 Å². The van der Waals surface area contributed by atoms with Crippen LogP contribution in [-0.2, 0) is 38.3 Å². The summed E-state index contributed by atoms with van der Waals surface area (Å²) in [4.78, 5) is 24.5. The molecule has 4 rings (SSSR count). The Kier molecular flexibility index (Phi) is 7.58. The average Bonchev–Trinajstić information content (AvgIpc) is 3.22. The molecule has 3 aromatic rings. The van der Waals surface area contributed by atoms with Gasteiger partial charge in [0, 0.05) is 11.7 Å². The molecule has 1 N–H and O–H groups in total. The first kappa shape index (κ1) is 28.9. The lowest BCUT2D eigenvalue weighted by Gasteiger charge is -2.24. The first-order valence-electron chi connectivity index (χ1n) is 11.6. The van der Waals surface area contributed by atoms with Gasteiger partial charge in [-0.15, -0.1) is 0 Å². The number of hydrogen-bond donors (Lipinski definition) is 1. The fraction of sp³-hybridized carbons (Fsp3) is 0.231. The molecule has 14 heteroatoms. The molecule has 0 unspecified atom stereocenters. The van der Waals surface area contributed by atoms with Gasteiger partial charge in [0.2, 0.25) is 0 Å². The monoisotopic (exact) mass is 586 g/mol. The van der Waals surface area contributed by atoms with Crippen LogP contribution in [-0.4, -0.2) is 32.9 Å². The zero-order valence-electron chi connectivity index (χ0n) is 20.5. The number of amides is 1. The van der Waals surface area contributed by atoms with Crippen LogP contribution in [0.4, 0.5) is 37.7 Å². The second kappa shape index (κ2) is 10.5. The van der Waals surface area contributed by atoms with E-state index < -0.39 is 63.7 Å². The Balaban J connectivity index is 1.47. The van der Waals surface area contributed by atoms with Crippen molar-refractivity contribution in [2.75, 3.05) is 16.2 Å². The molecule has 1 aliphatic rings. The van der Waals surface area contributed by atoms with Gasteiger partial charge in [-0.2, -0.15) is 26.3 Å². The Morgan fingerprint density at radius 3 is 2.17 bits per heavy atom. The first-order chi connectivity index (χ1) is 18.6. The van der Waals surface area contributed by atoms with Crippen molar-refractivity contribution < 1.29 is 49.1 Å². The Bertz CT molecular complexity index is 1540. The molecule has 1 amide bonds. The number of anilines is 2. The highest BCUT2D eigenvalue weighted by Crippen LogP contribution is 2.38. The van der Waals surface area contributed by atoms with Gasteiger partial charge in [0.25, 0.3) is 15.9 Å². The minimum atomic E-state index is -5.12. The predicted molar refractivity (Wildman–Crippen MR) is 131 cm³/mol. The summed E-state index contributed by atoms with van der Waals surface area (Å²) in [6.45, 7) is 0.667. The van der Waals surface area contributed by atoms with Gasteiger partial charge in [-0.1, -0.05) is 24.3 Å². The molecule has 0 radical (unpaired) electrons. The van der Waals surface area contributed by atoms with Crippen molar-refractivity contribution in [1.29, 1.82) is 0 Å². The Hall–Kier alpha value is -4.07. The average molecular weight is 587 g/mol. The molecule has 7 nitrogen and oxygen atoms in total. The predicted octanol–water partition coefficient (Wildman–Crippen LogP) is 5.66. The van der Waals surface area contributed by atoms with Crippen LogP contribution in [0.15, 0.2) is 71.6 Å². The third-order valence-corrected chi connectivity index (χ3v) is 7.90. The number of hydrogen-bond acceptors (Lipinski definition) is 5. The number of carbonyl (C=O) groups excluding carboxylic acids is 2. The molecule has 0 saturated carbocycles. The third kappa shape index (κ3) is 6.06. The maximum absolute atomic E-state index is 13.4. The highest BCUT2D eigenvalue weighted by atomic mass is 32.2. The van der Waals surface area contributed by atoms with Gasteiger partial charge in [-0.05, 0) is 61.4 Å². The van der Waals surface area contributed by atoms with Crippen LogP contribution in [0.5, 0.6) is 0 Å². The van der Waals surface area contributed by atoms with Gasteiger partial charge in [-0.25, -0.2) is 13.2 Å². The first-order valence-corrected chi connectivity index (χ1v) is 13.0. The summed E-state index contributed by atoms with van der Waals surface area (Å²) in [5.41, 5.74) is -2.99. The lowest BCUT2D eigenvalue weighted by molar-refractivity contribution is -0.143. The molecule has 3 aromatic carbocycles. The van der Waals surface area contributed by atoms with Gasteiger partial charge in [0.1, 0.15) is 0 Å². The number of nitrogens with zero attached hydrogens (tertiary/aromatic N) is 1. The minimum Gasteiger partial charge on any atom is -0.452 e. The van der Waals surface area contributed by atoms with E-state index in [1.807, 2.05) is 11.4 Å². The number of esters is 1. The maximum Gasteiger partial charge on any atom is 0.416 e. The van der Waals surface area contributed by atoms with E-state index in [0.29, 0.717) is 24.2 Å². The number of fused-ring (bicyclic) bond motifs is 1. The summed E-state index contributed by atoms with van der Waals surface area (Å²) in [5, 5.41) is 1.84. The molecule has 40 heavy (non-hydrogen) atoms. The smallest absolute Gasteiger partial charge is 0.416 e. The summed E-state index contributed by atoms with van der Waals surface area (Å²) in [7, 11) is -4.10. The van der Waals surface area contributed by atoms with E-state index in [-0.39, 0.29) is 16.5 Å². The molecule has 0 bridgehead atoms. The summed E-state index contributed by atoms with van der Waals surface area (Å²) >= 11 is 0. The van der Waals surface area contributed by atoms with Gasteiger partial charge in [-0.3, -0.25) is 9.10 Å². The summed E-state index contributed by atoms with van der Waals surface area (Å²) in [6.07, 6.45) is -9.75. The lowest BCUT2D eigenvalue weighted by atomic mass is 10.1. The summed E-state index contributed by atoms with van der Waals surface area (Å²) < 4.78 is 111. The van der Waals surface area contributed by atoms with Crippen molar-refractivity contribution in [2.45, 2.75) is 36.6 Å². The standard InChI is InChI=1S/C26H20F6N2O5S/c1-15-9-16-5-2-3-8-22(16)34(15)40(37,38)21-7-4-6-17(10-21)24(36)39-14-23(35)33-20-12-18(25(27,28)29)11-19(13-20)26(30,31)32/h2-8,10-13,15H,9,14H2,1H3,(H,33,35)/t15-/m0/s1. The van der Waals surface area contributed by atoms with E-state index in [1.54, 1.807) is 25.1 Å². The van der Waals surface area contributed by atoms with Crippen molar-refractivity contribution in [3.8, 4) is 0 Å². The molecule has 0 aromatic heterocycles. The summed E-state index contributed by atoms with van der Waals surface area (Å²) in [5.74, 6) is -2.35. The molecule has 1 aliphatic heterocycles. The molecule has 0 saturated heterocycles. The van der Waals surface area contributed by atoms with Crippen LogP contribution in [0.1, 0.15) is 34.0 Å². The molecule has 1 heterocycles. The number of alkyl halides is 6. The molecule has 0 spiro atoms. The zero-order chi connectivity index (χ0) is 29.5. The fourth-order valence-electron chi connectivity index (χ4n) is 4.24. The van der Waals surface area contributed by atoms with E-state index in [2.05, 4.69) is 0 Å². The molecule has 1 atom stereocenters. The van der Waals surface area contributed by atoms with E-state index >= 15 is 0 Å². The van der Waals surface area contributed by atoms with Gasteiger partial charge in [0.05, 0.1) is 27.3 Å². The Morgan fingerprint density at radius 1 is 0.925 bits per heavy atom. The second-order valence-corrected chi connectivity index (χ2v) is 10.7. The fourth-order valence-corrected chi connectivity index (χ4v) is 5.98. The SMILES string of the molecule is C[C@H]1Cc2ccccc2N1S(=O)(=O)c1cccc(C(=O)OCC(=O)Nc2cc(C(F)(F)F)cc(C(F)(F)F)c2)c1. The number of nitrogens with one attached hydrogen (secondary N) is 1. The normalized spacial score (nSPS) is 15.5. The topological polar surface area (TPSA) is 92.8 Å². The van der Waals surface area contributed by atoms with E-state index in [4.69, 9.17) is 4.74 Å². The van der Waals surface area contributed by atoms with Crippen molar-refractivity contribution in [3.05, 3.63) is 89.0 Å². The highest BCUT2D eigenvalue weighted by molar-refractivity contribution is 7.92. The quantitative estimate of drug-likeness (QED) is 0.297. The van der Waals surface area contributed by atoms with Crippen molar-refractivity contribution in [2.24, 2.45) is 0 Å². The van der Waals surface area contributed by atoms with Crippen LogP contribution in [0.2, 0.25) is 0 Å². The Morgan fingerprint density at radius 2 is 1.55 bits per heavy atom. The maximum atomic E-state index is 13.4. The molecular formula is C26H20F6N2O5S. The number of ether oxygens (including phenoxy) is 1. The van der Waals surface area contributed by atoms with E-state index in [0.717, 1.165) is 11.6 Å². The molecule has 0 fully saturated rings. The van der Waals surface area contributed by atoms with Crippen LogP contribution in [0.3, 0.4) is 0 Å². The summed E-state index contributed by atoms with van der Waals surface area (Å²) in [6, 6.07) is 11.9. The number of benzene rings is 3. The zero-order valence-corrected chi connectivity index (χ0v) is 21.3. The number of para-hydroxylation sites is 1. The molecule has 0 aliphatic carbocycles. The molecule has 212 valence electrons. The number of halogens is 6. The second-order valence-electron chi connectivity index (χ2n) is 8.93. The number of carbonyl (C=O) groups is 2. The van der Waals surface area contributed by atoms with Crippen LogP contribution in [0, 0.1) is 0 Å². The van der Waals surface area contributed by atoms with Crippen molar-refractivity contribution in [1.82, 2.24) is 0 Å². The van der Waals surface area contributed by atoms with Gasteiger partial charge < -0.3 is 10.1 Å². The van der Waals surface area contributed by atoms with Crippen molar-refractivity contribution >= 4 is 33.3 Å². The largest absolute Gasteiger partial charge is 0.452 e. The van der Waals surface area contributed by atoms with Gasteiger partial charge in [0.15, 0.2) is 6.61 Å². The Labute approximate surface area is 224 Å². The third-order valence-electron chi connectivity index (χ3n) is 5.98. The number of rotatable bonds is 6. The van der Waals surface area contributed by atoms with Crippen LogP contribution in [0.25, 0.3) is 0 Å². The van der Waals surface area contributed by atoms with E-state index in [9.17, 15) is 44.3 Å². The van der Waals surface area contributed by atoms with Crippen LogP contribution < -0.4 is 9.62 Å². The van der Waals surface area contributed by atoms with E-state index in [1.165, 1.54) is 22.5 Å². The molecular weight excluding hydrogens is 566 g/mol. The lowest BCUT2D eigenvalue weighted by Crippen LogP contribution is -2.35. The van der Waals surface area contributed by atoms with Crippen molar-refractivity contribution in [3.63, 3.8) is 0 Å². The number of sulfonamides is 1. The highest BCUT2D eigenvalue weighted by Gasteiger charge is 2.38. The van der Waals surface area contributed by atoms with Gasteiger partial charge >= 0.3 is 18.3 Å². The minimum absolute atomic E-state index is 0.0990.